The van der Waals surface area contributed by atoms with Crippen LogP contribution in [0.4, 0.5) is 0 Å². The molecule has 7 heteroatoms. The number of hydrogen-bond donors (Lipinski definition) is 1. The van der Waals surface area contributed by atoms with Crippen molar-refractivity contribution in [3.8, 4) is 11.4 Å². The second kappa shape index (κ2) is 5.99. The molecule has 0 spiro atoms. The van der Waals surface area contributed by atoms with E-state index < -0.39 is 0 Å². The summed E-state index contributed by atoms with van der Waals surface area (Å²) in [5.74, 6) is 0.337. The van der Waals surface area contributed by atoms with Gasteiger partial charge in [-0.1, -0.05) is 12.1 Å². The van der Waals surface area contributed by atoms with Gasteiger partial charge in [0.25, 0.3) is 11.8 Å². The largest absolute Gasteiger partial charge is 0.342 e. The lowest BCUT2D eigenvalue weighted by molar-refractivity contribution is 0.0656. The van der Waals surface area contributed by atoms with E-state index in [-0.39, 0.29) is 11.8 Å². The number of rotatable bonds is 4. The Morgan fingerprint density at radius 1 is 1.17 bits per heavy atom. The number of benzene rings is 1. The molecule has 2 aromatic heterocycles. The van der Waals surface area contributed by atoms with Crippen LogP contribution < -0.4 is 0 Å². The molecule has 1 aliphatic heterocycles. The van der Waals surface area contributed by atoms with Crippen LogP contribution >= 0.6 is 27.3 Å². The zero-order valence-corrected chi connectivity index (χ0v) is 14.9. The summed E-state index contributed by atoms with van der Waals surface area (Å²) in [6, 6.07) is 8.93. The molecule has 3 heterocycles. The third-order valence-corrected chi connectivity index (χ3v) is 5.46. The molecule has 0 saturated heterocycles. The third kappa shape index (κ3) is 2.59. The Morgan fingerprint density at radius 2 is 1.88 bits per heavy atom. The molecule has 4 rings (SSSR count). The fraction of sp³-hybridized carbons (Fsp3) is 0.118. The summed E-state index contributed by atoms with van der Waals surface area (Å²) in [6.07, 6.45) is 2.29. The van der Waals surface area contributed by atoms with Gasteiger partial charge in [-0.05, 0) is 34.1 Å². The Balaban J connectivity index is 1.48. The van der Waals surface area contributed by atoms with E-state index in [2.05, 4.69) is 25.9 Å². The maximum atomic E-state index is 12.3. The second-order valence-electron chi connectivity index (χ2n) is 5.45. The molecular formula is C17H12BrN3O2S. The van der Waals surface area contributed by atoms with Crippen LogP contribution in [0.15, 0.2) is 45.7 Å². The average molecular weight is 402 g/mol. The van der Waals surface area contributed by atoms with Crippen molar-refractivity contribution in [2.75, 3.05) is 6.54 Å². The maximum Gasteiger partial charge on any atom is 0.261 e. The first-order valence-electron chi connectivity index (χ1n) is 7.37. The first-order valence-corrected chi connectivity index (χ1v) is 9.04. The molecule has 3 aromatic rings. The quantitative estimate of drug-likeness (QED) is 0.677. The van der Waals surface area contributed by atoms with Gasteiger partial charge >= 0.3 is 0 Å². The van der Waals surface area contributed by atoms with Gasteiger partial charge in [-0.15, -0.1) is 11.3 Å². The topological polar surface area (TPSA) is 66.1 Å². The lowest BCUT2D eigenvalue weighted by Crippen LogP contribution is -2.31. The monoisotopic (exact) mass is 401 g/mol. The molecule has 0 bridgehead atoms. The number of H-pyrrole nitrogens is 1. The predicted molar refractivity (Wildman–Crippen MR) is 95.1 cm³/mol. The molecule has 24 heavy (non-hydrogen) atoms. The minimum atomic E-state index is -0.225. The number of nitrogens with zero attached hydrogens (tertiary/aromatic N) is 2. The van der Waals surface area contributed by atoms with Crippen molar-refractivity contribution < 1.29 is 9.59 Å². The van der Waals surface area contributed by atoms with Gasteiger partial charge in [-0.3, -0.25) is 14.5 Å². The van der Waals surface area contributed by atoms with Gasteiger partial charge in [0, 0.05) is 35.8 Å². The van der Waals surface area contributed by atoms with Crippen molar-refractivity contribution in [1.82, 2.24) is 14.9 Å². The van der Waals surface area contributed by atoms with E-state index in [1.807, 2.05) is 11.4 Å². The van der Waals surface area contributed by atoms with Gasteiger partial charge < -0.3 is 4.98 Å². The van der Waals surface area contributed by atoms with Crippen LogP contribution in [0.2, 0.25) is 0 Å². The Kier molecular flexibility index (Phi) is 3.82. The van der Waals surface area contributed by atoms with Crippen LogP contribution in [0.1, 0.15) is 26.4 Å². The standard InChI is InChI=1S/C17H12BrN3O2S/c18-14-7-10(9-24-14)15-19-8-11(20-15)5-6-21-16(22)12-3-1-2-4-13(12)17(21)23/h1-4,7-9H,5-6H2,(H,19,20). The van der Waals surface area contributed by atoms with E-state index in [1.165, 1.54) is 4.90 Å². The number of aromatic nitrogens is 2. The Labute approximate surface area is 150 Å². The molecule has 0 radical (unpaired) electrons. The fourth-order valence-electron chi connectivity index (χ4n) is 2.74. The third-order valence-electron chi connectivity index (χ3n) is 3.95. The van der Waals surface area contributed by atoms with E-state index in [0.29, 0.717) is 24.1 Å². The van der Waals surface area contributed by atoms with E-state index >= 15 is 0 Å². The SMILES string of the molecule is O=C1c2ccccc2C(=O)N1CCc1cnc(-c2csc(Br)c2)[nH]1. The number of nitrogens with one attached hydrogen (secondary N) is 1. The van der Waals surface area contributed by atoms with Crippen molar-refractivity contribution in [1.29, 1.82) is 0 Å². The number of hydrogen-bond acceptors (Lipinski definition) is 4. The van der Waals surface area contributed by atoms with Gasteiger partial charge in [0.2, 0.25) is 0 Å². The first kappa shape index (κ1) is 15.3. The lowest BCUT2D eigenvalue weighted by Gasteiger charge is -2.12. The summed E-state index contributed by atoms with van der Waals surface area (Å²) in [5, 5.41) is 2.01. The van der Waals surface area contributed by atoms with Gasteiger partial charge in [0.15, 0.2) is 0 Å². The number of thiophene rings is 1. The highest BCUT2D eigenvalue weighted by Gasteiger charge is 2.34. The summed E-state index contributed by atoms with van der Waals surface area (Å²) in [7, 11) is 0. The van der Waals surface area contributed by atoms with Gasteiger partial charge in [0.05, 0.1) is 14.9 Å². The van der Waals surface area contributed by atoms with Crippen LogP contribution in [0.3, 0.4) is 0 Å². The van der Waals surface area contributed by atoms with Crippen LogP contribution in [0, 0.1) is 0 Å². The smallest absolute Gasteiger partial charge is 0.261 e. The molecule has 1 aliphatic rings. The number of imidazole rings is 1. The minimum Gasteiger partial charge on any atom is -0.342 e. The van der Waals surface area contributed by atoms with Gasteiger partial charge in [-0.2, -0.15) is 0 Å². The minimum absolute atomic E-state index is 0.225. The first-order chi connectivity index (χ1) is 11.6. The molecular weight excluding hydrogens is 390 g/mol. The summed E-state index contributed by atoms with van der Waals surface area (Å²) in [5.41, 5.74) is 2.87. The van der Waals surface area contributed by atoms with Gasteiger partial charge in [0.1, 0.15) is 5.82 Å². The van der Waals surface area contributed by atoms with E-state index in [4.69, 9.17) is 0 Å². The normalized spacial score (nSPS) is 13.6. The highest BCUT2D eigenvalue weighted by atomic mass is 79.9. The number of carbonyl (C=O) groups is 2. The van der Waals surface area contributed by atoms with E-state index in [1.54, 1.807) is 41.8 Å². The Bertz CT molecular complexity index is 912. The molecule has 0 unspecified atom stereocenters. The molecule has 0 aliphatic carbocycles. The molecule has 2 amide bonds. The number of carbonyl (C=O) groups excluding carboxylic acids is 2. The van der Waals surface area contributed by atoms with Crippen LogP contribution in [0.5, 0.6) is 0 Å². The summed E-state index contributed by atoms with van der Waals surface area (Å²) in [6.45, 7) is 0.335. The molecule has 0 fully saturated rings. The number of imide groups is 1. The highest BCUT2D eigenvalue weighted by molar-refractivity contribution is 9.11. The van der Waals surface area contributed by atoms with Crippen molar-refractivity contribution in [2.45, 2.75) is 6.42 Å². The number of amides is 2. The molecule has 1 aromatic carbocycles. The number of aromatic amines is 1. The molecule has 0 saturated carbocycles. The van der Waals surface area contributed by atoms with Crippen molar-refractivity contribution in [3.63, 3.8) is 0 Å². The van der Waals surface area contributed by atoms with Crippen molar-refractivity contribution in [3.05, 3.63) is 62.5 Å². The molecule has 0 atom stereocenters. The Morgan fingerprint density at radius 3 is 2.50 bits per heavy atom. The van der Waals surface area contributed by atoms with Crippen molar-refractivity contribution >= 4 is 39.1 Å². The van der Waals surface area contributed by atoms with E-state index in [9.17, 15) is 9.59 Å². The van der Waals surface area contributed by atoms with E-state index in [0.717, 1.165) is 20.9 Å². The summed E-state index contributed by atoms with van der Waals surface area (Å²) < 4.78 is 1.04. The second-order valence-corrected chi connectivity index (χ2v) is 7.74. The van der Waals surface area contributed by atoms with Crippen LogP contribution in [-0.4, -0.2) is 33.2 Å². The van der Waals surface area contributed by atoms with Crippen LogP contribution in [0.25, 0.3) is 11.4 Å². The predicted octanol–water partition coefficient (Wildman–Crippen LogP) is 3.74. The maximum absolute atomic E-state index is 12.3. The summed E-state index contributed by atoms with van der Waals surface area (Å²) >= 11 is 5.03. The fourth-order valence-corrected chi connectivity index (χ4v) is 3.88. The zero-order valence-electron chi connectivity index (χ0n) is 12.5. The molecule has 5 nitrogen and oxygen atoms in total. The lowest BCUT2D eigenvalue weighted by atomic mass is 10.1. The average Bonchev–Trinajstić information content (AvgIpc) is 3.27. The Hall–Kier alpha value is -2.25. The molecule has 1 N–H and O–H groups in total. The summed E-state index contributed by atoms with van der Waals surface area (Å²) in [4.78, 5) is 33.6. The highest BCUT2D eigenvalue weighted by Crippen LogP contribution is 2.27. The van der Waals surface area contributed by atoms with Gasteiger partial charge in [-0.25, -0.2) is 4.98 Å². The number of halogens is 1. The number of fused-ring (bicyclic) bond motifs is 1. The van der Waals surface area contributed by atoms with Crippen LogP contribution in [-0.2, 0) is 6.42 Å². The zero-order chi connectivity index (χ0) is 16.7. The molecule has 120 valence electrons. The van der Waals surface area contributed by atoms with Crippen molar-refractivity contribution in [2.24, 2.45) is 0 Å².